The lowest BCUT2D eigenvalue weighted by Gasteiger charge is -2.31. The number of aliphatic carboxylic acids is 1. The van der Waals surface area contributed by atoms with Crippen LogP contribution in [-0.4, -0.2) is 35.1 Å². The van der Waals surface area contributed by atoms with E-state index >= 15 is 0 Å². The summed E-state index contributed by atoms with van der Waals surface area (Å²) in [7, 11) is 0. The van der Waals surface area contributed by atoms with E-state index in [4.69, 9.17) is 5.11 Å². The summed E-state index contributed by atoms with van der Waals surface area (Å²) in [5.74, 6) is -1.81. The number of urea groups is 1. The average molecular weight is 373 g/mol. The lowest BCUT2D eigenvalue weighted by molar-refractivity contribution is -0.143. The molecule has 2 atom stereocenters. The number of carbonyl (C=O) groups is 2. The van der Waals surface area contributed by atoms with Gasteiger partial charge in [-0.2, -0.15) is 0 Å². The lowest BCUT2D eigenvalue weighted by Crippen LogP contribution is -2.47. The van der Waals surface area contributed by atoms with E-state index < -0.39 is 23.7 Å². The molecule has 1 unspecified atom stereocenters. The summed E-state index contributed by atoms with van der Waals surface area (Å²) in [4.78, 5) is 24.7. The highest BCUT2D eigenvalue weighted by Gasteiger charge is 2.28. The molecule has 2 N–H and O–H groups in total. The van der Waals surface area contributed by atoms with E-state index in [2.05, 4.69) is 21.2 Å². The van der Waals surface area contributed by atoms with Gasteiger partial charge < -0.3 is 15.3 Å². The van der Waals surface area contributed by atoms with Crippen LogP contribution in [0.2, 0.25) is 0 Å². The molecule has 2 rings (SSSR count). The Labute approximate surface area is 136 Å². The molecule has 1 aliphatic heterocycles. The highest BCUT2D eigenvalue weighted by Crippen LogP contribution is 2.22. The summed E-state index contributed by atoms with van der Waals surface area (Å²) >= 11 is 3.19. The van der Waals surface area contributed by atoms with Gasteiger partial charge in [-0.25, -0.2) is 9.18 Å². The Morgan fingerprint density at radius 2 is 2.23 bits per heavy atom. The van der Waals surface area contributed by atoms with Gasteiger partial charge >= 0.3 is 12.0 Å². The summed E-state index contributed by atoms with van der Waals surface area (Å²) in [5, 5.41) is 11.8. The molecule has 0 spiro atoms. The molecule has 1 aromatic carbocycles. The maximum Gasteiger partial charge on any atom is 0.317 e. The second-order valence-electron chi connectivity index (χ2n) is 5.46. The smallest absolute Gasteiger partial charge is 0.317 e. The van der Waals surface area contributed by atoms with E-state index in [1.807, 2.05) is 0 Å². The molecule has 1 aromatic rings. The molecule has 0 radical (unpaired) electrons. The Bertz CT molecular complexity index is 582. The molecule has 0 aliphatic carbocycles. The molecule has 1 fully saturated rings. The number of hydrogen-bond donors (Lipinski definition) is 2. The minimum Gasteiger partial charge on any atom is -0.481 e. The van der Waals surface area contributed by atoms with Crippen molar-refractivity contribution in [3.63, 3.8) is 0 Å². The van der Waals surface area contributed by atoms with Gasteiger partial charge in [0, 0.05) is 23.1 Å². The third kappa shape index (κ3) is 3.97. The van der Waals surface area contributed by atoms with Crippen LogP contribution in [-0.2, 0) is 4.79 Å². The van der Waals surface area contributed by atoms with Gasteiger partial charge in [-0.1, -0.05) is 22.0 Å². The Morgan fingerprint density at radius 3 is 2.86 bits per heavy atom. The Morgan fingerprint density at radius 1 is 1.50 bits per heavy atom. The molecule has 1 heterocycles. The number of piperidine rings is 1. The van der Waals surface area contributed by atoms with E-state index in [-0.39, 0.29) is 12.6 Å². The van der Waals surface area contributed by atoms with Gasteiger partial charge in [0.15, 0.2) is 0 Å². The number of rotatable bonds is 3. The predicted molar refractivity (Wildman–Crippen MR) is 83.0 cm³/mol. The van der Waals surface area contributed by atoms with Crippen LogP contribution in [0, 0.1) is 11.7 Å². The number of carboxylic acid groups (broad SMARTS) is 1. The zero-order chi connectivity index (χ0) is 16.3. The summed E-state index contributed by atoms with van der Waals surface area (Å²) in [6.45, 7) is 2.41. The second-order valence-corrected chi connectivity index (χ2v) is 6.38. The monoisotopic (exact) mass is 372 g/mol. The quantitative estimate of drug-likeness (QED) is 0.855. The van der Waals surface area contributed by atoms with Crippen molar-refractivity contribution in [3.8, 4) is 0 Å². The van der Waals surface area contributed by atoms with Gasteiger partial charge in [-0.05, 0) is 31.9 Å². The number of amides is 2. The molecule has 7 heteroatoms. The molecule has 0 aromatic heterocycles. The fraction of sp³-hybridized carbons (Fsp3) is 0.467. The van der Waals surface area contributed by atoms with Crippen LogP contribution in [0.4, 0.5) is 9.18 Å². The van der Waals surface area contributed by atoms with Crippen molar-refractivity contribution in [1.29, 1.82) is 0 Å². The average Bonchev–Trinajstić information content (AvgIpc) is 2.47. The summed E-state index contributed by atoms with van der Waals surface area (Å²) in [5.41, 5.74) is 0.392. The van der Waals surface area contributed by atoms with Crippen molar-refractivity contribution in [2.24, 2.45) is 5.92 Å². The van der Waals surface area contributed by atoms with Crippen molar-refractivity contribution in [2.45, 2.75) is 25.8 Å². The molecular formula is C15H18BrFN2O3. The molecule has 120 valence electrons. The topological polar surface area (TPSA) is 69.6 Å². The summed E-state index contributed by atoms with van der Waals surface area (Å²) < 4.78 is 14.5. The first-order valence-electron chi connectivity index (χ1n) is 7.11. The first kappa shape index (κ1) is 16.7. The molecule has 0 bridgehead atoms. The molecule has 1 saturated heterocycles. The molecule has 22 heavy (non-hydrogen) atoms. The molecule has 1 aliphatic rings. The maximum atomic E-state index is 13.9. The Kier molecular flexibility index (Phi) is 5.39. The maximum absolute atomic E-state index is 13.9. The van der Waals surface area contributed by atoms with E-state index in [1.165, 1.54) is 11.0 Å². The number of nitrogens with one attached hydrogen (secondary N) is 1. The molecule has 5 nitrogen and oxygen atoms in total. The molecule has 2 amide bonds. The predicted octanol–water partition coefficient (Wildman–Crippen LogP) is 3.16. The van der Waals surface area contributed by atoms with E-state index in [9.17, 15) is 14.0 Å². The zero-order valence-electron chi connectivity index (χ0n) is 12.2. The van der Waals surface area contributed by atoms with Crippen LogP contribution in [0.5, 0.6) is 0 Å². The standard InChI is InChI=1S/C15H18BrFN2O3/c1-9(12-5-4-11(16)7-13(12)17)18-15(22)19-6-2-3-10(8-19)14(20)21/h4-5,7,9-10H,2-3,6,8H2,1H3,(H,18,22)(H,20,21)/t9-,10?/m0/s1. The first-order valence-corrected chi connectivity index (χ1v) is 7.91. The largest absolute Gasteiger partial charge is 0.481 e. The zero-order valence-corrected chi connectivity index (χ0v) is 13.8. The van der Waals surface area contributed by atoms with Crippen LogP contribution in [0.3, 0.4) is 0 Å². The van der Waals surface area contributed by atoms with Crippen LogP contribution in [0.25, 0.3) is 0 Å². The van der Waals surface area contributed by atoms with Crippen molar-refractivity contribution in [3.05, 3.63) is 34.1 Å². The second kappa shape index (κ2) is 7.09. The van der Waals surface area contributed by atoms with Crippen LogP contribution >= 0.6 is 15.9 Å². The fourth-order valence-electron chi connectivity index (χ4n) is 2.57. The normalized spacial score (nSPS) is 19.6. The first-order chi connectivity index (χ1) is 10.4. The number of benzene rings is 1. The van der Waals surface area contributed by atoms with Gasteiger partial charge in [0.25, 0.3) is 0 Å². The van der Waals surface area contributed by atoms with E-state index in [1.54, 1.807) is 19.1 Å². The highest BCUT2D eigenvalue weighted by atomic mass is 79.9. The third-order valence-corrected chi connectivity index (χ3v) is 4.32. The molecule has 0 saturated carbocycles. The van der Waals surface area contributed by atoms with Crippen molar-refractivity contribution in [1.82, 2.24) is 10.2 Å². The Hall–Kier alpha value is -1.63. The van der Waals surface area contributed by atoms with Gasteiger partial charge in [0.1, 0.15) is 5.82 Å². The summed E-state index contributed by atoms with van der Waals surface area (Å²) in [6, 6.07) is 3.81. The number of carboxylic acids is 1. The van der Waals surface area contributed by atoms with Gasteiger partial charge in [0.05, 0.1) is 12.0 Å². The fourth-order valence-corrected chi connectivity index (χ4v) is 2.90. The van der Waals surface area contributed by atoms with Crippen LogP contribution in [0.15, 0.2) is 22.7 Å². The van der Waals surface area contributed by atoms with Crippen molar-refractivity contribution >= 4 is 27.9 Å². The minimum atomic E-state index is -0.885. The third-order valence-electron chi connectivity index (χ3n) is 3.83. The number of nitrogens with zero attached hydrogens (tertiary/aromatic N) is 1. The van der Waals surface area contributed by atoms with E-state index in [0.29, 0.717) is 29.4 Å². The SMILES string of the molecule is C[C@H](NC(=O)N1CCCC(C(=O)O)C1)c1ccc(Br)cc1F. The lowest BCUT2D eigenvalue weighted by atomic mass is 9.98. The van der Waals surface area contributed by atoms with Crippen LogP contribution < -0.4 is 5.32 Å². The van der Waals surface area contributed by atoms with Crippen molar-refractivity contribution in [2.75, 3.05) is 13.1 Å². The number of hydrogen-bond acceptors (Lipinski definition) is 2. The van der Waals surface area contributed by atoms with Gasteiger partial charge in [-0.15, -0.1) is 0 Å². The van der Waals surface area contributed by atoms with Crippen molar-refractivity contribution < 1.29 is 19.1 Å². The van der Waals surface area contributed by atoms with E-state index in [0.717, 1.165) is 0 Å². The molecular weight excluding hydrogens is 355 g/mol. The number of likely N-dealkylation sites (tertiary alicyclic amines) is 1. The van der Waals surface area contributed by atoms with Gasteiger partial charge in [0.2, 0.25) is 0 Å². The van der Waals surface area contributed by atoms with Gasteiger partial charge in [-0.3, -0.25) is 4.79 Å². The highest BCUT2D eigenvalue weighted by molar-refractivity contribution is 9.10. The minimum absolute atomic E-state index is 0.191. The van der Waals surface area contributed by atoms with Crippen LogP contribution in [0.1, 0.15) is 31.4 Å². The summed E-state index contributed by atoms with van der Waals surface area (Å²) in [6.07, 6.45) is 1.24. The number of halogens is 2. The Balaban J connectivity index is 2.00. The number of carbonyl (C=O) groups excluding carboxylic acids is 1.